The monoisotopic (exact) mass is 387 g/mol. The van der Waals surface area contributed by atoms with E-state index in [0.29, 0.717) is 22.3 Å². The maximum absolute atomic E-state index is 14.1. The molecule has 4 N–H and O–H groups in total. The summed E-state index contributed by atoms with van der Waals surface area (Å²) in [6.45, 7) is 3.57. The second kappa shape index (κ2) is 7.53. The minimum Gasteiger partial charge on any atom is -0.394 e. The fraction of sp³-hybridized carbons (Fsp3) is 0.316. The van der Waals surface area contributed by atoms with Crippen LogP contribution in [-0.2, 0) is 16.9 Å². The number of nitrogen functional groups attached to an aromatic ring is 1. The minimum atomic E-state index is -0.717. The molecule has 0 aliphatic rings. The Morgan fingerprint density at radius 3 is 2.79 bits per heavy atom. The molecule has 9 heteroatoms. The molecule has 0 unspecified atom stereocenters. The molecular weight excluding hydrogens is 365 g/mol. The van der Waals surface area contributed by atoms with Crippen molar-refractivity contribution in [1.82, 2.24) is 14.5 Å². The number of benzene rings is 1. The van der Waals surface area contributed by atoms with Crippen LogP contribution < -0.4 is 11.1 Å². The summed E-state index contributed by atoms with van der Waals surface area (Å²) in [6, 6.07) is 4.36. The molecule has 0 spiro atoms. The van der Waals surface area contributed by atoms with Gasteiger partial charge in [-0.1, -0.05) is 6.07 Å². The molecule has 0 saturated carbocycles. The lowest BCUT2D eigenvalue weighted by atomic mass is 10.1. The summed E-state index contributed by atoms with van der Waals surface area (Å²) in [4.78, 5) is 21.1. The Morgan fingerprint density at radius 2 is 2.14 bits per heavy atom. The summed E-state index contributed by atoms with van der Waals surface area (Å²) in [7, 11) is 1.48. The highest BCUT2D eigenvalue weighted by atomic mass is 19.1. The van der Waals surface area contributed by atoms with Crippen molar-refractivity contribution in [1.29, 1.82) is 0 Å². The lowest BCUT2D eigenvalue weighted by Crippen LogP contribution is -2.30. The van der Waals surface area contributed by atoms with Crippen molar-refractivity contribution >= 4 is 28.4 Å². The number of methoxy groups -OCH3 is 1. The Kier molecular flexibility index (Phi) is 5.30. The van der Waals surface area contributed by atoms with Gasteiger partial charge in [-0.3, -0.25) is 4.79 Å². The quantitative estimate of drug-likeness (QED) is 0.598. The second-order valence-corrected chi connectivity index (χ2v) is 7.03. The van der Waals surface area contributed by atoms with Crippen LogP contribution in [0.4, 0.5) is 15.9 Å². The number of carbonyl (C=O) groups excluding carboxylic acids is 1. The first-order valence-corrected chi connectivity index (χ1v) is 8.60. The van der Waals surface area contributed by atoms with Gasteiger partial charge in [0.25, 0.3) is 5.91 Å². The first-order valence-electron chi connectivity index (χ1n) is 8.60. The van der Waals surface area contributed by atoms with E-state index >= 15 is 0 Å². The van der Waals surface area contributed by atoms with E-state index in [1.54, 1.807) is 36.7 Å². The van der Waals surface area contributed by atoms with Crippen molar-refractivity contribution in [2.24, 2.45) is 0 Å². The summed E-state index contributed by atoms with van der Waals surface area (Å²) < 4.78 is 20.7. The van der Waals surface area contributed by atoms with Gasteiger partial charge in [0.15, 0.2) is 0 Å². The van der Waals surface area contributed by atoms with Gasteiger partial charge < -0.3 is 25.5 Å². The van der Waals surface area contributed by atoms with E-state index in [1.807, 2.05) is 0 Å². The van der Waals surface area contributed by atoms with Gasteiger partial charge >= 0.3 is 0 Å². The number of nitrogens with two attached hydrogens (primary N) is 1. The summed E-state index contributed by atoms with van der Waals surface area (Å²) in [5.74, 6) is -0.825. The van der Waals surface area contributed by atoms with Crippen LogP contribution in [0.1, 0.15) is 29.8 Å². The van der Waals surface area contributed by atoms with Crippen LogP contribution in [0, 0.1) is 5.82 Å². The van der Waals surface area contributed by atoms with Crippen molar-refractivity contribution in [3.63, 3.8) is 0 Å². The SMILES string of the molecule is COCc1ccc(NC(=O)c2cn(C(C)(C)CO)c3ncnc(N)c23)cc1F. The summed E-state index contributed by atoms with van der Waals surface area (Å²) >= 11 is 0. The number of hydrogen-bond donors (Lipinski definition) is 3. The van der Waals surface area contributed by atoms with Crippen LogP contribution in [0.15, 0.2) is 30.7 Å². The number of ether oxygens (including phenoxy) is 1. The Labute approximate surface area is 161 Å². The molecule has 0 aliphatic heterocycles. The standard InChI is InChI=1S/C19H22FN5O3/c1-19(2,9-26)25-7-13(15-16(21)22-10-23-17(15)25)18(27)24-12-5-4-11(8-28-3)14(20)6-12/h4-7,10,26H,8-9H2,1-3H3,(H,24,27)(H2,21,22,23). The lowest BCUT2D eigenvalue weighted by molar-refractivity contribution is 0.102. The predicted octanol–water partition coefficient (Wildman–Crippen LogP) is 2.28. The van der Waals surface area contributed by atoms with Gasteiger partial charge in [-0.2, -0.15) is 0 Å². The van der Waals surface area contributed by atoms with Crippen LogP contribution in [0.5, 0.6) is 0 Å². The Morgan fingerprint density at radius 1 is 1.39 bits per heavy atom. The number of rotatable bonds is 6. The molecule has 0 atom stereocenters. The van der Waals surface area contributed by atoms with Gasteiger partial charge in [0, 0.05) is 24.6 Å². The van der Waals surface area contributed by atoms with Crippen molar-refractivity contribution in [3.05, 3.63) is 47.7 Å². The number of carbonyl (C=O) groups is 1. The number of anilines is 2. The zero-order valence-electron chi connectivity index (χ0n) is 15.9. The van der Waals surface area contributed by atoms with Gasteiger partial charge in [-0.25, -0.2) is 14.4 Å². The number of aliphatic hydroxyl groups excluding tert-OH is 1. The van der Waals surface area contributed by atoms with Crippen molar-refractivity contribution < 1.29 is 19.0 Å². The highest BCUT2D eigenvalue weighted by molar-refractivity contribution is 6.14. The number of halogens is 1. The van der Waals surface area contributed by atoms with Gasteiger partial charge in [-0.15, -0.1) is 0 Å². The van der Waals surface area contributed by atoms with E-state index in [9.17, 15) is 14.3 Å². The van der Waals surface area contributed by atoms with E-state index in [-0.39, 0.29) is 24.6 Å². The number of nitrogens with one attached hydrogen (secondary N) is 1. The average Bonchev–Trinajstić information content (AvgIpc) is 3.06. The molecule has 3 rings (SSSR count). The first-order chi connectivity index (χ1) is 13.3. The number of aromatic nitrogens is 3. The molecule has 2 heterocycles. The Balaban J connectivity index is 2.01. The molecule has 1 amide bonds. The van der Waals surface area contributed by atoms with E-state index in [2.05, 4.69) is 15.3 Å². The third-order valence-electron chi connectivity index (χ3n) is 4.51. The Bertz CT molecular complexity index is 1030. The molecular formula is C19H22FN5O3. The largest absolute Gasteiger partial charge is 0.394 e. The molecule has 0 radical (unpaired) electrons. The molecule has 8 nitrogen and oxygen atoms in total. The summed E-state index contributed by atoms with van der Waals surface area (Å²) in [6.07, 6.45) is 2.87. The molecule has 2 aromatic heterocycles. The van der Waals surface area contributed by atoms with Crippen molar-refractivity contribution in [2.75, 3.05) is 24.8 Å². The molecule has 0 aliphatic carbocycles. The van der Waals surface area contributed by atoms with Crippen molar-refractivity contribution in [3.8, 4) is 0 Å². The molecule has 1 aromatic carbocycles. The fourth-order valence-electron chi connectivity index (χ4n) is 2.89. The summed E-state index contributed by atoms with van der Waals surface area (Å²) in [5, 5.41) is 12.7. The first kappa shape index (κ1) is 19.7. The fourth-order valence-corrected chi connectivity index (χ4v) is 2.89. The third-order valence-corrected chi connectivity index (χ3v) is 4.51. The zero-order chi connectivity index (χ0) is 20.5. The molecule has 148 valence electrons. The molecule has 28 heavy (non-hydrogen) atoms. The van der Waals surface area contributed by atoms with E-state index < -0.39 is 17.3 Å². The maximum atomic E-state index is 14.1. The molecule has 0 saturated heterocycles. The maximum Gasteiger partial charge on any atom is 0.258 e. The van der Waals surface area contributed by atoms with Gasteiger partial charge in [0.05, 0.1) is 29.7 Å². The topological polar surface area (TPSA) is 115 Å². The van der Waals surface area contributed by atoms with Crippen LogP contribution in [0.3, 0.4) is 0 Å². The number of nitrogens with zero attached hydrogens (tertiary/aromatic N) is 3. The van der Waals surface area contributed by atoms with E-state index in [4.69, 9.17) is 10.5 Å². The number of aliphatic hydroxyl groups is 1. The highest BCUT2D eigenvalue weighted by Crippen LogP contribution is 2.29. The van der Waals surface area contributed by atoms with Crippen molar-refractivity contribution in [2.45, 2.75) is 26.0 Å². The molecule has 0 bridgehead atoms. The van der Waals surface area contributed by atoms with E-state index in [0.717, 1.165) is 0 Å². The van der Waals surface area contributed by atoms with Gasteiger partial charge in [0.2, 0.25) is 0 Å². The predicted molar refractivity (Wildman–Crippen MR) is 103 cm³/mol. The second-order valence-electron chi connectivity index (χ2n) is 7.03. The third kappa shape index (κ3) is 3.54. The van der Waals surface area contributed by atoms with Crippen LogP contribution in [0.25, 0.3) is 11.0 Å². The van der Waals surface area contributed by atoms with E-state index in [1.165, 1.54) is 19.5 Å². The Hall–Kier alpha value is -3.04. The average molecular weight is 387 g/mol. The molecule has 0 fully saturated rings. The molecule has 3 aromatic rings. The highest BCUT2D eigenvalue weighted by Gasteiger charge is 2.27. The number of amides is 1. The van der Waals surface area contributed by atoms with Crippen LogP contribution in [-0.4, -0.2) is 39.3 Å². The van der Waals surface area contributed by atoms with Gasteiger partial charge in [0.1, 0.15) is 23.6 Å². The summed E-state index contributed by atoms with van der Waals surface area (Å²) in [5.41, 5.74) is 6.61. The van der Waals surface area contributed by atoms with Gasteiger partial charge in [-0.05, 0) is 26.0 Å². The smallest absolute Gasteiger partial charge is 0.258 e. The number of hydrogen-bond acceptors (Lipinski definition) is 6. The lowest BCUT2D eigenvalue weighted by Gasteiger charge is -2.24. The number of fused-ring (bicyclic) bond motifs is 1. The zero-order valence-corrected chi connectivity index (χ0v) is 15.9. The van der Waals surface area contributed by atoms with Crippen LogP contribution in [0.2, 0.25) is 0 Å². The normalized spacial score (nSPS) is 11.8. The minimum absolute atomic E-state index is 0.137. The van der Waals surface area contributed by atoms with Crippen LogP contribution >= 0.6 is 0 Å².